The van der Waals surface area contributed by atoms with Crippen LogP contribution in [0.4, 0.5) is 5.69 Å². The van der Waals surface area contributed by atoms with Gasteiger partial charge in [0.25, 0.3) is 0 Å². The number of nitrogen functional groups attached to an aromatic ring is 1. The number of halogens is 1. The van der Waals surface area contributed by atoms with Crippen LogP contribution >= 0.6 is 15.9 Å². The lowest BCUT2D eigenvalue weighted by atomic mass is 10.3. The van der Waals surface area contributed by atoms with Crippen molar-refractivity contribution < 1.29 is 8.42 Å². The van der Waals surface area contributed by atoms with E-state index in [1.165, 1.54) is 6.07 Å². The molecule has 0 aliphatic carbocycles. The lowest BCUT2D eigenvalue weighted by molar-refractivity contribution is 0.581. The SMILES string of the molecule is Nc1cc(Br)ccc1S(=O)(=O)NCc1ccncc1. The largest absolute Gasteiger partial charge is 0.398 e. The summed E-state index contributed by atoms with van der Waals surface area (Å²) in [5.74, 6) is 0. The molecule has 0 atom stereocenters. The predicted octanol–water partition coefficient (Wildman–Crippen LogP) is 1.90. The first-order chi connectivity index (χ1) is 8.99. The van der Waals surface area contributed by atoms with Gasteiger partial charge < -0.3 is 5.73 Å². The molecular formula is C12H12BrN3O2S. The summed E-state index contributed by atoms with van der Waals surface area (Å²) in [5, 5.41) is 0. The molecule has 0 spiro atoms. The van der Waals surface area contributed by atoms with Crippen molar-refractivity contribution in [1.82, 2.24) is 9.71 Å². The minimum absolute atomic E-state index is 0.0738. The second-order valence-electron chi connectivity index (χ2n) is 3.86. The van der Waals surface area contributed by atoms with Crippen LogP contribution in [0.5, 0.6) is 0 Å². The quantitative estimate of drug-likeness (QED) is 0.831. The molecule has 1 aromatic carbocycles. The fraction of sp³-hybridized carbons (Fsp3) is 0.0833. The Bertz CT molecular complexity index is 675. The molecule has 5 nitrogen and oxygen atoms in total. The number of aromatic nitrogens is 1. The van der Waals surface area contributed by atoms with Gasteiger partial charge in [0, 0.05) is 23.4 Å². The Morgan fingerprint density at radius 1 is 1.21 bits per heavy atom. The lowest BCUT2D eigenvalue weighted by Gasteiger charge is -2.09. The number of nitrogens with two attached hydrogens (primary N) is 1. The van der Waals surface area contributed by atoms with E-state index in [-0.39, 0.29) is 17.1 Å². The van der Waals surface area contributed by atoms with E-state index < -0.39 is 10.0 Å². The standard InChI is InChI=1S/C12H12BrN3O2S/c13-10-1-2-12(11(14)7-10)19(17,18)16-8-9-3-5-15-6-4-9/h1-7,16H,8,14H2. The van der Waals surface area contributed by atoms with Crippen LogP contribution in [0.3, 0.4) is 0 Å². The summed E-state index contributed by atoms with van der Waals surface area (Å²) in [6, 6.07) is 8.15. The Hall–Kier alpha value is -1.44. The number of rotatable bonds is 4. The van der Waals surface area contributed by atoms with E-state index >= 15 is 0 Å². The predicted molar refractivity (Wildman–Crippen MR) is 76.8 cm³/mol. The van der Waals surface area contributed by atoms with E-state index in [9.17, 15) is 8.42 Å². The van der Waals surface area contributed by atoms with Gasteiger partial charge >= 0.3 is 0 Å². The second-order valence-corrected chi connectivity index (χ2v) is 6.51. The Morgan fingerprint density at radius 2 is 1.89 bits per heavy atom. The first-order valence-electron chi connectivity index (χ1n) is 5.42. The molecule has 0 aliphatic rings. The van der Waals surface area contributed by atoms with Crippen molar-refractivity contribution in [2.24, 2.45) is 0 Å². The Balaban J connectivity index is 2.19. The van der Waals surface area contributed by atoms with Crippen LogP contribution in [0.15, 0.2) is 52.1 Å². The maximum Gasteiger partial charge on any atom is 0.242 e. The number of hydrogen-bond donors (Lipinski definition) is 2. The van der Waals surface area contributed by atoms with Crippen molar-refractivity contribution in [2.45, 2.75) is 11.4 Å². The number of anilines is 1. The molecule has 3 N–H and O–H groups in total. The monoisotopic (exact) mass is 341 g/mol. The average Bonchev–Trinajstić information content (AvgIpc) is 2.37. The number of sulfonamides is 1. The Labute approximate surface area is 120 Å². The van der Waals surface area contributed by atoms with Crippen molar-refractivity contribution in [3.63, 3.8) is 0 Å². The van der Waals surface area contributed by atoms with Crippen molar-refractivity contribution in [3.05, 3.63) is 52.8 Å². The number of pyridine rings is 1. The molecule has 19 heavy (non-hydrogen) atoms. The van der Waals surface area contributed by atoms with Gasteiger partial charge in [-0.1, -0.05) is 15.9 Å². The molecule has 2 rings (SSSR count). The van der Waals surface area contributed by atoms with Crippen LogP contribution < -0.4 is 10.5 Å². The molecule has 0 bridgehead atoms. The summed E-state index contributed by atoms with van der Waals surface area (Å²) < 4.78 is 27.5. The number of nitrogens with zero attached hydrogens (tertiary/aromatic N) is 1. The van der Waals surface area contributed by atoms with E-state index in [0.29, 0.717) is 0 Å². The summed E-state index contributed by atoms with van der Waals surface area (Å²) in [6.45, 7) is 0.195. The minimum Gasteiger partial charge on any atom is -0.398 e. The van der Waals surface area contributed by atoms with Crippen molar-refractivity contribution in [1.29, 1.82) is 0 Å². The molecule has 0 amide bonds. The van der Waals surface area contributed by atoms with Gasteiger partial charge in [-0.05, 0) is 35.9 Å². The molecule has 0 saturated carbocycles. The molecule has 100 valence electrons. The first kappa shape index (κ1) is 14.0. The average molecular weight is 342 g/mol. The fourth-order valence-corrected chi connectivity index (χ4v) is 3.03. The maximum absolute atomic E-state index is 12.1. The number of nitrogens with one attached hydrogen (secondary N) is 1. The van der Waals surface area contributed by atoms with Gasteiger partial charge in [0.1, 0.15) is 4.90 Å². The highest BCUT2D eigenvalue weighted by Crippen LogP contribution is 2.22. The molecule has 1 heterocycles. The maximum atomic E-state index is 12.1. The molecule has 2 aromatic rings. The van der Waals surface area contributed by atoms with Gasteiger partial charge in [-0.2, -0.15) is 0 Å². The zero-order chi connectivity index (χ0) is 13.9. The van der Waals surface area contributed by atoms with Crippen molar-refractivity contribution in [3.8, 4) is 0 Å². The lowest BCUT2D eigenvalue weighted by Crippen LogP contribution is -2.24. The van der Waals surface area contributed by atoms with E-state index in [0.717, 1.165) is 10.0 Å². The van der Waals surface area contributed by atoms with Crippen LogP contribution in [0.1, 0.15) is 5.56 Å². The third-order valence-corrected chi connectivity index (χ3v) is 4.45. The summed E-state index contributed by atoms with van der Waals surface area (Å²) in [5.41, 5.74) is 6.75. The van der Waals surface area contributed by atoms with Crippen LogP contribution in [0.25, 0.3) is 0 Å². The van der Waals surface area contributed by atoms with Crippen LogP contribution in [0.2, 0.25) is 0 Å². The first-order valence-corrected chi connectivity index (χ1v) is 7.70. The number of hydrogen-bond acceptors (Lipinski definition) is 4. The van der Waals surface area contributed by atoms with Gasteiger partial charge in [0.2, 0.25) is 10.0 Å². The highest BCUT2D eigenvalue weighted by Gasteiger charge is 2.17. The molecule has 1 aromatic heterocycles. The van der Waals surface area contributed by atoms with Crippen LogP contribution in [0, 0.1) is 0 Å². The third kappa shape index (κ3) is 3.52. The normalized spacial score (nSPS) is 11.4. The molecule has 0 radical (unpaired) electrons. The summed E-state index contributed by atoms with van der Waals surface area (Å²) in [6.07, 6.45) is 3.22. The highest BCUT2D eigenvalue weighted by molar-refractivity contribution is 9.10. The molecule has 0 saturated heterocycles. The smallest absolute Gasteiger partial charge is 0.242 e. The zero-order valence-electron chi connectivity index (χ0n) is 9.88. The zero-order valence-corrected chi connectivity index (χ0v) is 12.3. The Morgan fingerprint density at radius 3 is 2.53 bits per heavy atom. The molecular weight excluding hydrogens is 330 g/mol. The van der Waals surface area contributed by atoms with Crippen LogP contribution in [-0.4, -0.2) is 13.4 Å². The molecule has 0 fully saturated rings. The Kier molecular flexibility index (Phi) is 4.18. The van der Waals surface area contributed by atoms with E-state index in [1.54, 1.807) is 36.7 Å². The second kappa shape index (κ2) is 5.68. The third-order valence-electron chi connectivity index (χ3n) is 2.48. The summed E-state index contributed by atoms with van der Waals surface area (Å²) >= 11 is 3.24. The minimum atomic E-state index is -3.62. The summed E-state index contributed by atoms with van der Waals surface area (Å²) in [4.78, 5) is 3.94. The van der Waals surface area contributed by atoms with Gasteiger partial charge in [-0.3, -0.25) is 4.98 Å². The summed E-state index contributed by atoms with van der Waals surface area (Å²) in [7, 11) is -3.62. The van der Waals surface area contributed by atoms with E-state index in [4.69, 9.17) is 5.73 Å². The van der Waals surface area contributed by atoms with Crippen LogP contribution in [-0.2, 0) is 16.6 Å². The van der Waals surface area contributed by atoms with E-state index in [2.05, 4.69) is 25.6 Å². The van der Waals surface area contributed by atoms with Crippen molar-refractivity contribution >= 4 is 31.6 Å². The molecule has 0 aliphatic heterocycles. The van der Waals surface area contributed by atoms with Gasteiger partial charge in [-0.15, -0.1) is 0 Å². The van der Waals surface area contributed by atoms with E-state index in [1.807, 2.05) is 0 Å². The number of benzene rings is 1. The fourth-order valence-electron chi connectivity index (χ4n) is 1.52. The van der Waals surface area contributed by atoms with Crippen molar-refractivity contribution in [2.75, 3.05) is 5.73 Å². The molecule has 0 unspecified atom stereocenters. The highest BCUT2D eigenvalue weighted by atomic mass is 79.9. The molecule has 7 heteroatoms. The topological polar surface area (TPSA) is 85.1 Å². The van der Waals surface area contributed by atoms with Gasteiger partial charge in [-0.25, -0.2) is 13.1 Å². The van der Waals surface area contributed by atoms with Gasteiger partial charge in [0.05, 0.1) is 5.69 Å². The van der Waals surface area contributed by atoms with Gasteiger partial charge in [0.15, 0.2) is 0 Å².